The van der Waals surface area contributed by atoms with E-state index in [9.17, 15) is 9.59 Å². The molecule has 2 heterocycles. The zero-order valence-corrected chi connectivity index (χ0v) is 19.8. The predicted octanol–water partition coefficient (Wildman–Crippen LogP) is 3.54. The smallest absolute Gasteiger partial charge is 0.258 e. The molecule has 1 aliphatic heterocycles. The van der Waals surface area contributed by atoms with Gasteiger partial charge in [-0.3, -0.25) is 9.59 Å². The standard InChI is InChI=1S/C26H30N4O4/c1-4-22(19-9-6-5-7-10-19)26(32)30-14-13-29(17-18(30)2)24(31)16-23-27-25(34-28-23)20-11-8-12-21(15-20)33-3/h5-12,15,18,22H,4,13-14,16-17H2,1-3H3. The highest BCUT2D eigenvalue weighted by Gasteiger charge is 2.33. The van der Waals surface area contributed by atoms with Crippen molar-refractivity contribution < 1.29 is 18.8 Å². The van der Waals surface area contributed by atoms with E-state index in [1.165, 1.54) is 0 Å². The first-order valence-electron chi connectivity index (χ1n) is 11.6. The first kappa shape index (κ1) is 23.5. The van der Waals surface area contributed by atoms with Crippen LogP contribution in [0.25, 0.3) is 11.5 Å². The van der Waals surface area contributed by atoms with E-state index in [0.717, 1.165) is 17.5 Å². The van der Waals surface area contributed by atoms with Crippen molar-refractivity contribution in [3.05, 3.63) is 66.0 Å². The molecule has 1 aromatic heterocycles. The number of piperazine rings is 1. The summed E-state index contributed by atoms with van der Waals surface area (Å²) >= 11 is 0. The minimum atomic E-state index is -0.166. The third-order valence-electron chi connectivity index (χ3n) is 6.27. The average molecular weight is 463 g/mol. The van der Waals surface area contributed by atoms with Crippen LogP contribution in [-0.4, -0.2) is 64.5 Å². The molecule has 2 unspecified atom stereocenters. The molecule has 0 saturated carbocycles. The van der Waals surface area contributed by atoms with Crippen LogP contribution in [0.15, 0.2) is 59.1 Å². The van der Waals surface area contributed by atoms with Crippen LogP contribution in [-0.2, 0) is 16.0 Å². The van der Waals surface area contributed by atoms with Crippen LogP contribution < -0.4 is 4.74 Å². The fourth-order valence-electron chi connectivity index (χ4n) is 4.40. The first-order valence-corrected chi connectivity index (χ1v) is 11.6. The maximum absolute atomic E-state index is 13.3. The molecule has 0 spiro atoms. The number of methoxy groups -OCH3 is 1. The SMILES string of the molecule is CCC(C(=O)N1CCN(C(=O)Cc2noc(-c3cccc(OC)c3)n2)CC1C)c1ccccc1. The lowest BCUT2D eigenvalue weighted by atomic mass is 9.94. The summed E-state index contributed by atoms with van der Waals surface area (Å²) in [7, 11) is 1.59. The quantitative estimate of drug-likeness (QED) is 0.534. The lowest BCUT2D eigenvalue weighted by Gasteiger charge is -2.41. The van der Waals surface area contributed by atoms with Crippen LogP contribution in [0.4, 0.5) is 0 Å². The molecule has 8 nitrogen and oxygen atoms in total. The molecule has 2 atom stereocenters. The van der Waals surface area contributed by atoms with Gasteiger partial charge < -0.3 is 19.1 Å². The lowest BCUT2D eigenvalue weighted by molar-refractivity contribution is -0.143. The van der Waals surface area contributed by atoms with E-state index >= 15 is 0 Å². The van der Waals surface area contributed by atoms with Gasteiger partial charge in [0.25, 0.3) is 5.89 Å². The molecule has 34 heavy (non-hydrogen) atoms. The van der Waals surface area contributed by atoms with Gasteiger partial charge in [-0.2, -0.15) is 4.98 Å². The molecule has 0 bridgehead atoms. The summed E-state index contributed by atoms with van der Waals surface area (Å²) in [4.78, 5) is 34.3. The van der Waals surface area contributed by atoms with Crippen molar-refractivity contribution >= 4 is 11.8 Å². The van der Waals surface area contributed by atoms with Gasteiger partial charge in [-0.15, -0.1) is 0 Å². The summed E-state index contributed by atoms with van der Waals surface area (Å²) in [5.41, 5.74) is 1.76. The van der Waals surface area contributed by atoms with Crippen molar-refractivity contribution in [2.45, 2.75) is 38.6 Å². The number of ether oxygens (including phenoxy) is 1. The maximum Gasteiger partial charge on any atom is 0.258 e. The maximum atomic E-state index is 13.3. The molecule has 2 aromatic carbocycles. The van der Waals surface area contributed by atoms with Gasteiger partial charge in [0.15, 0.2) is 5.82 Å². The third-order valence-corrected chi connectivity index (χ3v) is 6.27. The number of hydrogen-bond donors (Lipinski definition) is 0. The van der Waals surface area contributed by atoms with Crippen LogP contribution in [0.3, 0.4) is 0 Å². The Bertz CT molecular complexity index is 1130. The van der Waals surface area contributed by atoms with Crippen molar-refractivity contribution in [1.82, 2.24) is 19.9 Å². The Morgan fingerprint density at radius 2 is 1.94 bits per heavy atom. The molecule has 1 saturated heterocycles. The van der Waals surface area contributed by atoms with E-state index in [1.807, 2.05) is 67.3 Å². The van der Waals surface area contributed by atoms with Crippen LogP contribution in [0, 0.1) is 0 Å². The average Bonchev–Trinajstić information content (AvgIpc) is 3.33. The summed E-state index contributed by atoms with van der Waals surface area (Å²) in [6.45, 7) is 5.50. The van der Waals surface area contributed by atoms with E-state index in [4.69, 9.17) is 9.26 Å². The molecular formula is C26H30N4O4. The van der Waals surface area contributed by atoms with E-state index in [0.29, 0.717) is 37.1 Å². The molecule has 0 aliphatic carbocycles. The van der Waals surface area contributed by atoms with Crippen LogP contribution in [0.5, 0.6) is 5.75 Å². The Morgan fingerprint density at radius 1 is 1.15 bits per heavy atom. The van der Waals surface area contributed by atoms with Gasteiger partial charge in [0, 0.05) is 31.2 Å². The molecule has 0 N–H and O–H groups in total. The molecule has 0 radical (unpaired) electrons. The lowest BCUT2D eigenvalue weighted by Crippen LogP contribution is -2.56. The zero-order valence-electron chi connectivity index (χ0n) is 19.8. The fraction of sp³-hybridized carbons (Fsp3) is 0.385. The predicted molar refractivity (Wildman–Crippen MR) is 127 cm³/mol. The molecule has 3 aromatic rings. The number of amides is 2. The van der Waals surface area contributed by atoms with Gasteiger partial charge in [-0.05, 0) is 37.1 Å². The Hall–Kier alpha value is -3.68. The molecule has 1 aliphatic rings. The number of carbonyl (C=O) groups is 2. The van der Waals surface area contributed by atoms with E-state index in [2.05, 4.69) is 10.1 Å². The Kier molecular flexibility index (Phi) is 7.25. The number of hydrogen-bond acceptors (Lipinski definition) is 6. The third kappa shape index (κ3) is 5.11. The van der Waals surface area contributed by atoms with Crippen molar-refractivity contribution in [2.75, 3.05) is 26.7 Å². The van der Waals surface area contributed by atoms with Gasteiger partial charge in [-0.25, -0.2) is 0 Å². The number of nitrogens with zero attached hydrogens (tertiary/aromatic N) is 4. The summed E-state index contributed by atoms with van der Waals surface area (Å²) in [6.07, 6.45) is 0.790. The number of aromatic nitrogens is 2. The molecule has 178 valence electrons. The monoisotopic (exact) mass is 462 g/mol. The van der Waals surface area contributed by atoms with Gasteiger partial charge in [0.2, 0.25) is 11.8 Å². The molecular weight excluding hydrogens is 432 g/mol. The number of carbonyl (C=O) groups excluding carboxylic acids is 2. The van der Waals surface area contributed by atoms with Crippen LogP contribution >= 0.6 is 0 Å². The summed E-state index contributed by atoms with van der Waals surface area (Å²) in [5, 5.41) is 3.97. The second-order valence-corrected chi connectivity index (χ2v) is 8.52. The number of benzene rings is 2. The van der Waals surface area contributed by atoms with E-state index in [-0.39, 0.29) is 30.2 Å². The largest absolute Gasteiger partial charge is 0.497 e. The van der Waals surface area contributed by atoms with Crippen LogP contribution in [0.1, 0.15) is 37.6 Å². The van der Waals surface area contributed by atoms with Crippen molar-refractivity contribution in [2.24, 2.45) is 0 Å². The highest BCUT2D eigenvalue weighted by molar-refractivity contribution is 5.84. The Balaban J connectivity index is 1.36. The molecule has 1 fully saturated rings. The highest BCUT2D eigenvalue weighted by Crippen LogP contribution is 2.25. The Labute approximate surface area is 199 Å². The van der Waals surface area contributed by atoms with Gasteiger partial charge >= 0.3 is 0 Å². The Morgan fingerprint density at radius 3 is 2.65 bits per heavy atom. The van der Waals surface area contributed by atoms with Crippen molar-refractivity contribution in [1.29, 1.82) is 0 Å². The topological polar surface area (TPSA) is 88.8 Å². The van der Waals surface area contributed by atoms with Crippen LogP contribution in [0.2, 0.25) is 0 Å². The molecule has 2 amide bonds. The van der Waals surface area contributed by atoms with Crippen molar-refractivity contribution in [3.8, 4) is 17.2 Å². The second kappa shape index (κ2) is 10.5. The second-order valence-electron chi connectivity index (χ2n) is 8.52. The van der Waals surface area contributed by atoms with Crippen molar-refractivity contribution in [3.63, 3.8) is 0 Å². The number of rotatable bonds is 7. The van der Waals surface area contributed by atoms with E-state index < -0.39 is 0 Å². The first-order chi connectivity index (χ1) is 16.5. The summed E-state index contributed by atoms with van der Waals surface area (Å²) < 4.78 is 10.6. The minimum absolute atomic E-state index is 0.0513. The minimum Gasteiger partial charge on any atom is -0.497 e. The van der Waals surface area contributed by atoms with Gasteiger partial charge in [0.05, 0.1) is 19.4 Å². The molecule has 8 heteroatoms. The molecule has 4 rings (SSSR count). The van der Waals surface area contributed by atoms with Gasteiger partial charge in [-0.1, -0.05) is 48.5 Å². The fourth-order valence-corrected chi connectivity index (χ4v) is 4.40. The summed E-state index contributed by atoms with van der Waals surface area (Å²) in [6, 6.07) is 17.1. The highest BCUT2D eigenvalue weighted by atomic mass is 16.5. The normalized spacial score (nSPS) is 16.9. The summed E-state index contributed by atoms with van der Waals surface area (Å²) in [5.74, 6) is 1.25. The van der Waals surface area contributed by atoms with E-state index in [1.54, 1.807) is 18.1 Å². The zero-order chi connectivity index (χ0) is 24.1. The van der Waals surface area contributed by atoms with Gasteiger partial charge in [0.1, 0.15) is 5.75 Å².